The van der Waals surface area contributed by atoms with Crippen LogP contribution in [0.1, 0.15) is 51.6 Å². The summed E-state index contributed by atoms with van der Waals surface area (Å²) in [5.74, 6) is 0.815. The Balaban J connectivity index is 2.48. The van der Waals surface area contributed by atoms with Gasteiger partial charge in [0.1, 0.15) is 0 Å². The van der Waals surface area contributed by atoms with Crippen LogP contribution >= 0.6 is 12.2 Å². The molecule has 0 radical (unpaired) electrons. The van der Waals surface area contributed by atoms with Crippen LogP contribution in [0.15, 0.2) is 16.9 Å². The second-order valence-electron chi connectivity index (χ2n) is 5.51. The number of rotatable bonds is 6. The zero-order chi connectivity index (χ0) is 15.4. The van der Waals surface area contributed by atoms with Gasteiger partial charge in [-0.15, -0.1) is 0 Å². The summed E-state index contributed by atoms with van der Waals surface area (Å²) in [5, 5.41) is 5.59. The van der Waals surface area contributed by atoms with E-state index in [4.69, 9.17) is 12.2 Å². The highest BCUT2D eigenvalue weighted by Gasteiger charge is 2.14. The number of aromatic nitrogens is 4. The van der Waals surface area contributed by atoms with Crippen molar-refractivity contribution in [2.45, 2.75) is 52.5 Å². The van der Waals surface area contributed by atoms with E-state index in [1.54, 1.807) is 0 Å². The SMILES string of the molecule is CCCCCn1c(C(C)C)ccc(-c2nc(=S)[nH][nH]2)c1=O. The smallest absolute Gasteiger partial charge is 0.261 e. The fourth-order valence-electron chi connectivity index (χ4n) is 2.43. The molecule has 114 valence electrons. The molecule has 0 saturated heterocycles. The lowest BCUT2D eigenvalue weighted by molar-refractivity contribution is 0.554. The second kappa shape index (κ2) is 6.85. The van der Waals surface area contributed by atoms with E-state index in [9.17, 15) is 4.79 Å². The van der Waals surface area contributed by atoms with Gasteiger partial charge in [-0.25, -0.2) is 0 Å². The van der Waals surface area contributed by atoms with E-state index in [-0.39, 0.29) is 5.56 Å². The molecule has 0 unspecified atom stereocenters. The standard InChI is InChI=1S/C15H22N4OS/c1-4-5-6-9-19-12(10(2)3)8-7-11(14(19)20)13-16-15(21)18-17-13/h7-8,10H,4-6,9H2,1-3H3,(H2,16,17,18,21). The molecule has 5 nitrogen and oxygen atoms in total. The van der Waals surface area contributed by atoms with Crippen molar-refractivity contribution in [3.05, 3.63) is 33.0 Å². The second-order valence-corrected chi connectivity index (χ2v) is 5.89. The molecular weight excluding hydrogens is 284 g/mol. The first-order valence-electron chi connectivity index (χ1n) is 7.43. The number of hydrogen-bond donors (Lipinski definition) is 2. The minimum Gasteiger partial charge on any atom is -0.312 e. The zero-order valence-electron chi connectivity index (χ0n) is 12.8. The lowest BCUT2D eigenvalue weighted by Crippen LogP contribution is -2.26. The van der Waals surface area contributed by atoms with Crippen molar-refractivity contribution in [2.24, 2.45) is 0 Å². The fourth-order valence-corrected chi connectivity index (χ4v) is 2.57. The summed E-state index contributed by atoms with van der Waals surface area (Å²) in [5.41, 5.74) is 1.62. The maximum Gasteiger partial charge on any atom is 0.261 e. The quantitative estimate of drug-likeness (QED) is 0.633. The van der Waals surface area contributed by atoms with Gasteiger partial charge in [-0.2, -0.15) is 4.98 Å². The van der Waals surface area contributed by atoms with Crippen LogP contribution in [-0.4, -0.2) is 19.7 Å². The molecule has 0 aliphatic heterocycles. The summed E-state index contributed by atoms with van der Waals surface area (Å²) in [6.45, 7) is 7.12. The third-order valence-electron chi connectivity index (χ3n) is 3.54. The van der Waals surface area contributed by atoms with Gasteiger partial charge in [-0.05, 0) is 36.7 Å². The van der Waals surface area contributed by atoms with Crippen LogP contribution in [0.4, 0.5) is 0 Å². The molecule has 0 fully saturated rings. The summed E-state index contributed by atoms with van der Waals surface area (Å²) < 4.78 is 2.23. The molecule has 21 heavy (non-hydrogen) atoms. The summed E-state index contributed by atoms with van der Waals surface area (Å²) in [6.07, 6.45) is 3.27. The van der Waals surface area contributed by atoms with Gasteiger partial charge in [-0.3, -0.25) is 15.0 Å². The van der Waals surface area contributed by atoms with Crippen molar-refractivity contribution in [2.75, 3.05) is 0 Å². The molecule has 2 N–H and O–H groups in total. The molecule has 2 aromatic heterocycles. The lowest BCUT2D eigenvalue weighted by atomic mass is 10.1. The molecule has 0 aliphatic carbocycles. The molecular formula is C15H22N4OS. The highest BCUT2D eigenvalue weighted by atomic mass is 32.1. The van der Waals surface area contributed by atoms with E-state index in [0.717, 1.165) is 31.5 Å². The Labute approximate surface area is 129 Å². The van der Waals surface area contributed by atoms with E-state index < -0.39 is 0 Å². The number of pyridine rings is 1. The predicted octanol–water partition coefficient (Wildman–Crippen LogP) is 3.61. The molecule has 0 saturated carbocycles. The highest BCUT2D eigenvalue weighted by molar-refractivity contribution is 7.71. The van der Waals surface area contributed by atoms with Gasteiger partial charge >= 0.3 is 0 Å². The molecule has 2 aromatic rings. The van der Waals surface area contributed by atoms with Crippen molar-refractivity contribution in [3.8, 4) is 11.4 Å². The first-order valence-corrected chi connectivity index (χ1v) is 7.84. The highest BCUT2D eigenvalue weighted by Crippen LogP contribution is 2.17. The predicted molar refractivity (Wildman–Crippen MR) is 87.1 cm³/mol. The monoisotopic (exact) mass is 306 g/mol. The van der Waals surface area contributed by atoms with Crippen LogP contribution in [0.5, 0.6) is 0 Å². The van der Waals surface area contributed by atoms with E-state index in [1.165, 1.54) is 0 Å². The van der Waals surface area contributed by atoms with E-state index >= 15 is 0 Å². The zero-order valence-corrected chi connectivity index (χ0v) is 13.6. The third-order valence-corrected chi connectivity index (χ3v) is 3.73. The fraction of sp³-hybridized carbons (Fsp3) is 0.533. The maximum atomic E-state index is 12.8. The largest absolute Gasteiger partial charge is 0.312 e. The maximum absolute atomic E-state index is 12.8. The minimum absolute atomic E-state index is 0.00458. The number of aromatic amines is 2. The van der Waals surface area contributed by atoms with Crippen LogP contribution in [0.25, 0.3) is 11.4 Å². The van der Waals surface area contributed by atoms with Gasteiger partial charge in [0.05, 0.1) is 5.56 Å². The summed E-state index contributed by atoms with van der Waals surface area (Å²) in [6, 6.07) is 3.84. The number of H-pyrrole nitrogens is 2. The van der Waals surface area contributed by atoms with Crippen molar-refractivity contribution < 1.29 is 0 Å². The molecule has 6 heteroatoms. The average molecular weight is 306 g/mol. The van der Waals surface area contributed by atoms with Crippen molar-refractivity contribution in [1.82, 2.24) is 19.7 Å². The topological polar surface area (TPSA) is 66.5 Å². The average Bonchev–Trinajstić information content (AvgIpc) is 2.86. The van der Waals surface area contributed by atoms with E-state index in [2.05, 4.69) is 36.0 Å². The Morgan fingerprint density at radius 1 is 1.29 bits per heavy atom. The molecule has 0 aliphatic rings. The molecule has 0 bridgehead atoms. The van der Waals surface area contributed by atoms with Crippen LogP contribution in [0, 0.1) is 4.77 Å². The molecule has 2 heterocycles. The first-order chi connectivity index (χ1) is 10.0. The molecule has 0 amide bonds. The molecule has 0 spiro atoms. The molecule has 0 atom stereocenters. The van der Waals surface area contributed by atoms with Gasteiger partial charge in [0, 0.05) is 12.2 Å². The lowest BCUT2D eigenvalue weighted by Gasteiger charge is -2.16. The van der Waals surface area contributed by atoms with Gasteiger partial charge < -0.3 is 4.57 Å². The Morgan fingerprint density at radius 3 is 2.62 bits per heavy atom. The number of unbranched alkanes of at least 4 members (excludes halogenated alkanes) is 2. The van der Waals surface area contributed by atoms with Crippen LogP contribution in [0.3, 0.4) is 0 Å². The molecule has 0 aromatic carbocycles. The van der Waals surface area contributed by atoms with Gasteiger partial charge in [0.15, 0.2) is 5.82 Å². The number of hydrogen-bond acceptors (Lipinski definition) is 3. The summed E-state index contributed by atoms with van der Waals surface area (Å²) in [4.78, 5) is 16.9. The normalized spacial score (nSPS) is 11.2. The van der Waals surface area contributed by atoms with Gasteiger partial charge in [0.2, 0.25) is 4.77 Å². The van der Waals surface area contributed by atoms with E-state index in [0.29, 0.717) is 22.1 Å². The molecule has 2 rings (SSSR count). The third kappa shape index (κ3) is 3.50. The van der Waals surface area contributed by atoms with Gasteiger partial charge in [0.25, 0.3) is 5.56 Å². The van der Waals surface area contributed by atoms with Crippen molar-refractivity contribution in [3.63, 3.8) is 0 Å². The van der Waals surface area contributed by atoms with Crippen molar-refractivity contribution in [1.29, 1.82) is 0 Å². The van der Waals surface area contributed by atoms with Crippen LogP contribution in [0.2, 0.25) is 0 Å². The van der Waals surface area contributed by atoms with Crippen LogP contribution in [-0.2, 0) is 6.54 Å². The summed E-state index contributed by atoms with van der Waals surface area (Å²) in [7, 11) is 0. The Bertz CT molecular complexity index is 711. The van der Waals surface area contributed by atoms with Gasteiger partial charge in [-0.1, -0.05) is 33.6 Å². The number of nitrogens with zero attached hydrogens (tertiary/aromatic N) is 2. The van der Waals surface area contributed by atoms with E-state index in [1.807, 2.05) is 16.7 Å². The minimum atomic E-state index is -0.00458. The number of nitrogens with one attached hydrogen (secondary N) is 2. The Morgan fingerprint density at radius 2 is 2.05 bits per heavy atom. The first kappa shape index (κ1) is 15.7. The summed E-state index contributed by atoms with van der Waals surface area (Å²) >= 11 is 4.96. The Kier molecular flexibility index (Phi) is 5.12. The van der Waals surface area contributed by atoms with Crippen LogP contribution < -0.4 is 5.56 Å². The van der Waals surface area contributed by atoms with Crippen molar-refractivity contribution >= 4 is 12.2 Å². The Hall–Kier alpha value is -1.69.